The van der Waals surface area contributed by atoms with Crippen molar-refractivity contribution >= 4 is 43.9 Å². The number of anilines is 1. The van der Waals surface area contributed by atoms with E-state index in [1.807, 2.05) is 19.2 Å². The highest BCUT2D eigenvalue weighted by Crippen LogP contribution is 2.46. The number of hydrogen-bond acceptors (Lipinski definition) is 11. The van der Waals surface area contributed by atoms with E-state index in [1.165, 1.54) is 42.3 Å². The third-order valence-corrected chi connectivity index (χ3v) is 14.3. The van der Waals surface area contributed by atoms with Crippen molar-refractivity contribution in [3.8, 4) is 11.5 Å². The summed E-state index contributed by atoms with van der Waals surface area (Å²) in [5.74, 6) is 0.474. The highest BCUT2D eigenvalue weighted by atomic mass is 32.2. The van der Waals surface area contributed by atoms with Gasteiger partial charge in [-0.05, 0) is 135 Å². The summed E-state index contributed by atoms with van der Waals surface area (Å²) in [5.41, 5.74) is 5.16. The lowest BCUT2D eigenvalue weighted by Crippen LogP contribution is -2.43. The van der Waals surface area contributed by atoms with E-state index in [-0.39, 0.29) is 29.0 Å². The van der Waals surface area contributed by atoms with Crippen LogP contribution in [0.4, 0.5) is 11.4 Å². The zero-order valence-electron chi connectivity index (χ0n) is 34.8. The van der Waals surface area contributed by atoms with Gasteiger partial charge in [0.25, 0.3) is 21.6 Å². The minimum absolute atomic E-state index is 0.0144. The Balaban J connectivity index is 0.948. The molecule has 2 saturated heterocycles. The van der Waals surface area contributed by atoms with Crippen LogP contribution in [-0.2, 0) is 19.5 Å². The van der Waals surface area contributed by atoms with Gasteiger partial charge in [0.1, 0.15) is 22.8 Å². The largest absolute Gasteiger partial charge is 0.455 e. The fourth-order valence-corrected chi connectivity index (χ4v) is 10.5. The van der Waals surface area contributed by atoms with E-state index in [0.29, 0.717) is 49.2 Å². The number of aromatic nitrogens is 2. The van der Waals surface area contributed by atoms with Gasteiger partial charge in [-0.2, -0.15) is 0 Å². The quantitative estimate of drug-likeness (QED) is 0.0677. The number of nitrogens with one attached hydrogen (secondary N) is 3. The number of carbonyl (C=O) groups is 1. The molecule has 5 aromatic rings. The molecule has 324 valence electrons. The van der Waals surface area contributed by atoms with E-state index in [0.717, 1.165) is 74.1 Å². The number of H-pyrrole nitrogens is 1. The van der Waals surface area contributed by atoms with Crippen molar-refractivity contribution in [2.75, 3.05) is 38.7 Å². The summed E-state index contributed by atoms with van der Waals surface area (Å²) < 4.78 is 47.6. The molecule has 3 atom stereocenters. The zero-order valence-corrected chi connectivity index (χ0v) is 35.6. The Morgan fingerprint density at radius 1 is 1.03 bits per heavy atom. The topological polar surface area (TPSA) is 178 Å². The number of fused-ring (bicyclic) bond motifs is 1. The Bertz CT molecular complexity index is 2600. The molecule has 1 amide bonds. The first-order valence-corrected chi connectivity index (χ1v) is 23.1. The molecule has 0 spiro atoms. The van der Waals surface area contributed by atoms with Gasteiger partial charge in [-0.25, -0.2) is 18.1 Å². The standard InChI is InChI=1S/C47H52N6O8S/c1-59-45(39-6-3-2-5-38(39)32-8-9-32)42-7-4-22-52(42)35-13-10-31(11-14-35)33-12-16-40(44(26-33)61-36-25-34-18-21-48-46(34)50-29-36)47(54)51-62(57,58)37-15-17-41(43(27-37)53(55)56)49-28-30-19-23-60-24-20-30/h2-3,5-6,10,12,15-18,21,25-27,29-30,32,35,42,45,49H,4,7-9,11,13-14,19-20,22-24,28H2,1H3,(H,48,50)(H,51,54). The van der Waals surface area contributed by atoms with Gasteiger partial charge in [-0.3, -0.25) is 19.8 Å². The number of ether oxygens (including phenoxy) is 3. The summed E-state index contributed by atoms with van der Waals surface area (Å²) in [6.45, 7) is 2.77. The lowest BCUT2D eigenvalue weighted by Gasteiger charge is -2.39. The number of benzene rings is 3. The molecule has 2 aliphatic heterocycles. The number of sulfonamides is 1. The van der Waals surface area contributed by atoms with E-state index in [2.05, 4.69) is 55.2 Å². The molecule has 3 N–H and O–H groups in total. The molecule has 0 bridgehead atoms. The van der Waals surface area contributed by atoms with Crippen molar-refractivity contribution in [3.05, 3.63) is 124 Å². The maximum Gasteiger partial charge on any atom is 0.293 e. The van der Waals surface area contributed by atoms with Crippen LogP contribution in [0.2, 0.25) is 0 Å². The lowest BCUT2D eigenvalue weighted by molar-refractivity contribution is -0.384. The molecule has 2 aromatic heterocycles. The second-order valence-corrected chi connectivity index (χ2v) is 18.6. The van der Waals surface area contributed by atoms with Gasteiger partial charge >= 0.3 is 0 Å². The fourth-order valence-electron chi connectivity index (χ4n) is 9.52. The first kappa shape index (κ1) is 41.7. The van der Waals surface area contributed by atoms with Crippen molar-refractivity contribution < 1.29 is 32.3 Å². The van der Waals surface area contributed by atoms with E-state index in [1.54, 1.807) is 24.4 Å². The zero-order chi connectivity index (χ0) is 42.8. The number of likely N-dealkylation sites (tertiary alicyclic amines) is 1. The molecule has 15 heteroatoms. The third-order valence-electron chi connectivity index (χ3n) is 12.9. The Kier molecular flexibility index (Phi) is 12.1. The molecule has 3 aromatic carbocycles. The van der Waals surface area contributed by atoms with Crippen molar-refractivity contribution in [1.82, 2.24) is 19.6 Å². The van der Waals surface area contributed by atoms with Crippen LogP contribution >= 0.6 is 0 Å². The van der Waals surface area contributed by atoms with Gasteiger partial charge in [-0.15, -0.1) is 0 Å². The van der Waals surface area contributed by atoms with Crippen LogP contribution < -0.4 is 14.8 Å². The van der Waals surface area contributed by atoms with Crippen LogP contribution in [-0.4, -0.2) is 79.6 Å². The summed E-state index contributed by atoms with van der Waals surface area (Å²) in [5, 5.41) is 16.0. The van der Waals surface area contributed by atoms with Gasteiger partial charge in [-0.1, -0.05) is 36.4 Å². The summed E-state index contributed by atoms with van der Waals surface area (Å²) >= 11 is 0. The van der Waals surface area contributed by atoms with Crippen molar-refractivity contribution in [2.45, 2.75) is 86.8 Å². The molecule has 3 unspecified atom stereocenters. The number of nitrogens with zero attached hydrogens (tertiary/aromatic N) is 3. The highest BCUT2D eigenvalue weighted by molar-refractivity contribution is 7.90. The third kappa shape index (κ3) is 8.98. The minimum Gasteiger partial charge on any atom is -0.455 e. The summed E-state index contributed by atoms with van der Waals surface area (Å²) in [6.07, 6.45) is 14.5. The number of carbonyl (C=O) groups excluding carboxylic acids is 1. The molecule has 0 radical (unpaired) electrons. The number of methoxy groups -OCH3 is 1. The Morgan fingerprint density at radius 3 is 2.65 bits per heavy atom. The van der Waals surface area contributed by atoms with Crippen LogP contribution in [0, 0.1) is 16.0 Å². The molecule has 2 aliphatic carbocycles. The number of hydrogen-bond donors (Lipinski definition) is 3. The number of pyridine rings is 1. The van der Waals surface area contributed by atoms with Gasteiger partial charge in [0, 0.05) is 56.6 Å². The monoisotopic (exact) mass is 860 g/mol. The number of allylic oxidation sites excluding steroid dienone is 1. The first-order chi connectivity index (χ1) is 30.1. The number of nitro groups is 1. The van der Waals surface area contributed by atoms with Crippen LogP contribution in [0.25, 0.3) is 16.6 Å². The molecule has 4 heterocycles. The van der Waals surface area contributed by atoms with E-state index < -0.39 is 31.4 Å². The summed E-state index contributed by atoms with van der Waals surface area (Å²) in [6, 6.07) is 21.8. The first-order valence-electron chi connectivity index (χ1n) is 21.6. The Hall–Kier alpha value is -5.61. The molecule has 1 saturated carbocycles. The number of amides is 1. The molecule has 4 aliphatic rings. The fraction of sp³-hybridized carbons (Fsp3) is 0.404. The second-order valence-electron chi connectivity index (χ2n) is 16.9. The Morgan fingerprint density at radius 2 is 1.87 bits per heavy atom. The minimum atomic E-state index is -4.55. The van der Waals surface area contributed by atoms with Gasteiger partial charge in [0.05, 0.1) is 27.7 Å². The molecule has 9 rings (SSSR count). The molecule has 62 heavy (non-hydrogen) atoms. The van der Waals surface area contributed by atoms with Crippen LogP contribution in [0.1, 0.15) is 96.9 Å². The molecule has 3 fully saturated rings. The molecular formula is C47H52N6O8S. The average molecular weight is 861 g/mol. The summed E-state index contributed by atoms with van der Waals surface area (Å²) in [7, 11) is -2.71. The highest BCUT2D eigenvalue weighted by Gasteiger charge is 2.39. The number of aromatic amines is 1. The van der Waals surface area contributed by atoms with E-state index in [4.69, 9.17) is 14.2 Å². The molecule has 14 nitrogen and oxygen atoms in total. The predicted molar refractivity (Wildman–Crippen MR) is 236 cm³/mol. The second kappa shape index (κ2) is 18.0. The Labute approximate surface area is 361 Å². The predicted octanol–water partition coefficient (Wildman–Crippen LogP) is 8.89. The number of rotatable bonds is 15. The smallest absolute Gasteiger partial charge is 0.293 e. The van der Waals surface area contributed by atoms with Gasteiger partial charge in [0.15, 0.2) is 0 Å². The number of nitro benzene ring substituents is 1. The average Bonchev–Trinajstić information content (AvgIpc) is 3.84. The van der Waals surface area contributed by atoms with Crippen LogP contribution in [0.15, 0.2) is 96.2 Å². The van der Waals surface area contributed by atoms with E-state index in [9.17, 15) is 23.3 Å². The van der Waals surface area contributed by atoms with Crippen molar-refractivity contribution in [3.63, 3.8) is 0 Å². The maximum atomic E-state index is 14.0. The lowest BCUT2D eigenvalue weighted by atomic mass is 9.88. The van der Waals surface area contributed by atoms with Crippen molar-refractivity contribution in [2.24, 2.45) is 5.92 Å². The van der Waals surface area contributed by atoms with Crippen LogP contribution in [0.3, 0.4) is 0 Å². The van der Waals surface area contributed by atoms with Crippen LogP contribution in [0.5, 0.6) is 11.5 Å². The maximum absolute atomic E-state index is 14.0. The van der Waals surface area contributed by atoms with Gasteiger partial charge < -0.3 is 24.5 Å². The molecular weight excluding hydrogens is 809 g/mol. The van der Waals surface area contributed by atoms with E-state index >= 15 is 0 Å². The normalized spacial score (nSPS) is 20.4. The SMILES string of the molecule is COC(c1ccccc1C1CC1)C1CCCN1C1CC=C(c2ccc(C(=O)NS(=O)(=O)c3ccc(NCC4CCOCC4)c([N+](=O)[O-])c3)c(Oc3cnc4[nH]ccc4c3)c2)CC1. The van der Waals surface area contributed by atoms with Gasteiger partial charge in [0.2, 0.25) is 0 Å². The van der Waals surface area contributed by atoms with Crippen molar-refractivity contribution in [1.29, 1.82) is 0 Å². The summed E-state index contributed by atoms with van der Waals surface area (Å²) in [4.78, 5) is 35.1.